The van der Waals surface area contributed by atoms with Crippen molar-refractivity contribution < 1.29 is 14.3 Å². The zero-order chi connectivity index (χ0) is 22.4. The minimum atomic E-state index is -0.442. The van der Waals surface area contributed by atoms with E-state index in [-0.39, 0.29) is 12.5 Å². The topological polar surface area (TPSA) is 79.8 Å². The van der Waals surface area contributed by atoms with Gasteiger partial charge in [0.05, 0.1) is 15.6 Å². The average molecular weight is 476 g/mol. The molecule has 3 rings (SSSR count). The number of hydrogen-bond donors (Lipinski definition) is 2. The SMILES string of the molecule is C/C(=N/NC(=O)COc1ccc(Cl)cc1Cl)c1cccc(NC(=O)c2ccc(C)s2)c1. The van der Waals surface area contributed by atoms with Crippen LogP contribution in [-0.2, 0) is 4.79 Å². The molecule has 1 aromatic heterocycles. The standard InChI is InChI=1S/C22H19Cl2N3O3S/c1-13-6-9-20(31-13)22(29)25-17-5-3-4-15(10-17)14(2)26-27-21(28)12-30-19-8-7-16(23)11-18(19)24/h3-11H,12H2,1-2H3,(H,25,29)(H,27,28)/b26-14-. The molecule has 0 aliphatic heterocycles. The van der Waals surface area contributed by atoms with Gasteiger partial charge in [0.15, 0.2) is 6.61 Å². The van der Waals surface area contributed by atoms with Crippen molar-refractivity contribution in [3.63, 3.8) is 0 Å². The van der Waals surface area contributed by atoms with E-state index in [2.05, 4.69) is 15.8 Å². The third-order valence-electron chi connectivity index (χ3n) is 4.10. The van der Waals surface area contributed by atoms with Crippen molar-refractivity contribution in [3.8, 4) is 5.75 Å². The molecular weight excluding hydrogens is 457 g/mol. The number of thiophene rings is 1. The molecular formula is C22H19Cl2N3O3S. The van der Waals surface area contributed by atoms with Crippen LogP contribution >= 0.6 is 34.5 Å². The van der Waals surface area contributed by atoms with Crippen LogP contribution in [0.15, 0.2) is 59.7 Å². The molecule has 1 heterocycles. The van der Waals surface area contributed by atoms with Crippen LogP contribution in [-0.4, -0.2) is 24.1 Å². The number of aryl methyl sites for hydroxylation is 1. The Morgan fingerprint density at radius 2 is 1.90 bits per heavy atom. The summed E-state index contributed by atoms with van der Waals surface area (Å²) >= 11 is 13.3. The molecule has 2 amide bonds. The number of carbonyl (C=O) groups excluding carboxylic acids is 2. The van der Waals surface area contributed by atoms with Gasteiger partial charge in [-0.25, -0.2) is 5.43 Å². The van der Waals surface area contributed by atoms with Crippen molar-refractivity contribution in [1.82, 2.24) is 5.43 Å². The first-order valence-corrected chi connectivity index (χ1v) is 10.8. The molecule has 0 unspecified atom stereocenters. The quantitative estimate of drug-likeness (QED) is 0.347. The number of nitrogens with one attached hydrogen (secondary N) is 2. The first kappa shape index (κ1) is 22.8. The van der Waals surface area contributed by atoms with Crippen LogP contribution in [0.4, 0.5) is 5.69 Å². The van der Waals surface area contributed by atoms with Gasteiger partial charge in [-0.1, -0.05) is 35.3 Å². The Balaban J connectivity index is 1.57. The molecule has 0 saturated heterocycles. The number of rotatable bonds is 7. The number of anilines is 1. The maximum Gasteiger partial charge on any atom is 0.277 e. The molecule has 160 valence electrons. The molecule has 6 nitrogen and oxygen atoms in total. The lowest BCUT2D eigenvalue weighted by Crippen LogP contribution is -2.25. The fourth-order valence-corrected chi connectivity index (χ4v) is 3.78. The van der Waals surface area contributed by atoms with Gasteiger partial charge in [-0.05, 0) is 61.9 Å². The first-order chi connectivity index (χ1) is 14.8. The third kappa shape index (κ3) is 6.55. The summed E-state index contributed by atoms with van der Waals surface area (Å²) in [5.74, 6) is -0.259. The second kappa shape index (κ2) is 10.4. The molecule has 2 N–H and O–H groups in total. The molecule has 0 spiro atoms. The van der Waals surface area contributed by atoms with Gasteiger partial charge in [-0.15, -0.1) is 11.3 Å². The van der Waals surface area contributed by atoms with Gasteiger partial charge in [-0.2, -0.15) is 5.10 Å². The predicted molar refractivity (Wildman–Crippen MR) is 126 cm³/mol. The fraction of sp³-hybridized carbons (Fsp3) is 0.136. The highest BCUT2D eigenvalue weighted by Gasteiger charge is 2.10. The highest BCUT2D eigenvalue weighted by atomic mass is 35.5. The minimum absolute atomic E-state index is 0.170. The summed E-state index contributed by atoms with van der Waals surface area (Å²) < 4.78 is 5.38. The van der Waals surface area contributed by atoms with Crippen molar-refractivity contribution in [2.45, 2.75) is 13.8 Å². The van der Waals surface area contributed by atoms with E-state index in [1.807, 2.05) is 19.1 Å². The molecule has 9 heteroatoms. The van der Waals surface area contributed by atoms with Crippen molar-refractivity contribution >= 4 is 57.8 Å². The summed E-state index contributed by atoms with van der Waals surface area (Å²) in [6.07, 6.45) is 0. The first-order valence-electron chi connectivity index (χ1n) is 9.21. The molecule has 0 fully saturated rings. The predicted octanol–water partition coefficient (Wildman–Crippen LogP) is 5.53. The Labute approximate surface area is 193 Å². The zero-order valence-corrected chi connectivity index (χ0v) is 19.1. The lowest BCUT2D eigenvalue weighted by Gasteiger charge is -2.08. The Hall–Kier alpha value is -2.87. The molecule has 0 aliphatic rings. The van der Waals surface area contributed by atoms with Crippen LogP contribution in [0.5, 0.6) is 5.75 Å². The normalized spacial score (nSPS) is 11.2. The number of benzene rings is 2. The van der Waals surface area contributed by atoms with E-state index < -0.39 is 5.91 Å². The average Bonchev–Trinajstić information content (AvgIpc) is 3.18. The monoisotopic (exact) mass is 475 g/mol. The second-order valence-electron chi connectivity index (χ2n) is 6.54. The summed E-state index contributed by atoms with van der Waals surface area (Å²) in [6.45, 7) is 3.44. The van der Waals surface area contributed by atoms with E-state index in [1.54, 1.807) is 43.3 Å². The van der Waals surface area contributed by atoms with Crippen molar-refractivity contribution in [1.29, 1.82) is 0 Å². The van der Waals surface area contributed by atoms with E-state index in [0.717, 1.165) is 10.4 Å². The third-order valence-corrected chi connectivity index (χ3v) is 5.63. The number of hydrogen-bond acceptors (Lipinski definition) is 5. The van der Waals surface area contributed by atoms with Crippen molar-refractivity contribution in [2.75, 3.05) is 11.9 Å². The number of amides is 2. The van der Waals surface area contributed by atoms with Crippen LogP contribution in [0, 0.1) is 6.92 Å². The summed E-state index contributed by atoms with van der Waals surface area (Å²) in [5.41, 5.74) is 4.40. The van der Waals surface area contributed by atoms with Crippen molar-refractivity contribution in [2.24, 2.45) is 5.10 Å². The Morgan fingerprint density at radius 3 is 2.61 bits per heavy atom. The molecule has 2 aromatic carbocycles. The van der Waals surface area contributed by atoms with Crippen LogP contribution in [0.2, 0.25) is 10.0 Å². The fourth-order valence-electron chi connectivity index (χ4n) is 2.55. The summed E-state index contributed by atoms with van der Waals surface area (Å²) in [6, 6.07) is 15.6. The maximum atomic E-state index is 12.3. The number of nitrogens with zero attached hydrogens (tertiary/aromatic N) is 1. The van der Waals surface area contributed by atoms with Gasteiger partial charge in [-0.3, -0.25) is 9.59 Å². The van der Waals surface area contributed by atoms with Crippen molar-refractivity contribution in [3.05, 3.63) is 80.0 Å². The Bertz CT molecular complexity index is 1140. The van der Waals surface area contributed by atoms with Crippen LogP contribution in [0.3, 0.4) is 0 Å². The van der Waals surface area contributed by atoms with Crippen LogP contribution < -0.4 is 15.5 Å². The smallest absolute Gasteiger partial charge is 0.277 e. The zero-order valence-electron chi connectivity index (χ0n) is 16.7. The Morgan fingerprint density at radius 1 is 1.10 bits per heavy atom. The molecule has 0 radical (unpaired) electrons. The van der Waals surface area contributed by atoms with Gasteiger partial charge in [0.1, 0.15) is 5.75 Å². The largest absolute Gasteiger partial charge is 0.482 e. The maximum absolute atomic E-state index is 12.3. The lowest BCUT2D eigenvalue weighted by molar-refractivity contribution is -0.123. The van der Waals surface area contributed by atoms with E-state index in [9.17, 15) is 9.59 Å². The van der Waals surface area contributed by atoms with E-state index in [4.69, 9.17) is 27.9 Å². The number of halogens is 2. The van der Waals surface area contributed by atoms with E-state index in [0.29, 0.717) is 32.1 Å². The van der Waals surface area contributed by atoms with E-state index >= 15 is 0 Å². The molecule has 31 heavy (non-hydrogen) atoms. The highest BCUT2D eigenvalue weighted by molar-refractivity contribution is 7.14. The number of ether oxygens (including phenoxy) is 1. The summed E-state index contributed by atoms with van der Waals surface area (Å²) in [4.78, 5) is 26.1. The summed E-state index contributed by atoms with van der Waals surface area (Å²) in [5, 5.41) is 7.76. The van der Waals surface area contributed by atoms with Gasteiger partial charge in [0.2, 0.25) is 0 Å². The Kier molecular flexibility index (Phi) is 7.68. The van der Waals surface area contributed by atoms with E-state index in [1.165, 1.54) is 17.4 Å². The van der Waals surface area contributed by atoms with Gasteiger partial charge >= 0.3 is 0 Å². The molecule has 0 bridgehead atoms. The van der Waals surface area contributed by atoms with Gasteiger partial charge in [0, 0.05) is 15.6 Å². The van der Waals surface area contributed by atoms with Gasteiger partial charge in [0.25, 0.3) is 11.8 Å². The second-order valence-corrected chi connectivity index (χ2v) is 8.67. The van der Waals surface area contributed by atoms with Gasteiger partial charge < -0.3 is 10.1 Å². The number of carbonyl (C=O) groups is 2. The van der Waals surface area contributed by atoms with Crippen LogP contribution in [0.1, 0.15) is 27.0 Å². The molecule has 0 aliphatic carbocycles. The lowest BCUT2D eigenvalue weighted by atomic mass is 10.1. The number of hydrazone groups is 1. The highest BCUT2D eigenvalue weighted by Crippen LogP contribution is 2.27. The molecule has 3 aromatic rings. The molecule has 0 saturated carbocycles. The molecule has 0 atom stereocenters. The minimum Gasteiger partial charge on any atom is -0.482 e. The van der Waals surface area contributed by atoms with Crippen LogP contribution in [0.25, 0.3) is 0 Å². The summed E-state index contributed by atoms with van der Waals surface area (Å²) in [7, 11) is 0.